The molecular formula is C20H20N2O2. The first-order valence-electron chi connectivity index (χ1n) is 7.75. The third kappa shape index (κ3) is 2.78. The van der Waals surface area contributed by atoms with Gasteiger partial charge < -0.3 is 15.0 Å². The van der Waals surface area contributed by atoms with E-state index in [0.717, 1.165) is 28.4 Å². The summed E-state index contributed by atoms with van der Waals surface area (Å²) in [5.41, 5.74) is 11.1. The highest BCUT2D eigenvalue weighted by Crippen LogP contribution is 2.32. The predicted molar refractivity (Wildman–Crippen MR) is 96.9 cm³/mol. The molecule has 2 aromatic carbocycles. The second-order valence-corrected chi connectivity index (χ2v) is 5.75. The smallest absolute Gasteiger partial charge is 0.161 e. The second kappa shape index (κ2) is 6.24. The number of carbonyl (C=O) groups excluding carboxylic acids is 1. The topological polar surface area (TPSA) is 57.2 Å². The molecule has 0 spiro atoms. The number of nitrogens with zero attached hydrogens (tertiary/aromatic N) is 1. The molecule has 4 nitrogen and oxygen atoms in total. The Morgan fingerprint density at radius 2 is 1.83 bits per heavy atom. The van der Waals surface area contributed by atoms with Crippen LogP contribution in [-0.2, 0) is 0 Å². The highest BCUT2D eigenvalue weighted by Gasteiger charge is 2.17. The van der Waals surface area contributed by atoms with E-state index in [1.165, 1.54) is 0 Å². The average Bonchev–Trinajstić information content (AvgIpc) is 2.92. The van der Waals surface area contributed by atoms with Crippen molar-refractivity contribution >= 4 is 11.5 Å². The van der Waals surface area contributed by atoms with E-state index < -0.39 is 0 Å². The van der Waals surface area contributed by atoms with Gasteiger partial charge in [-0.2, -0.15) is 0 Å². The molecule has 24 heavy (non-hydrogen) atoms. The van der Waals surface area contributed by atoms with Crippen molar-refractivity contribution in [2.75, 3.05) is 12.8 Å². The Morgan fingerprint density at radius 3 is 2.50 bits per heavy atom. The zero-order valence-electron chi connectivity index (χ0n) is 14.0. The summed E-state index contributed by atoms with van der Waals surface area (Å²) < 4.78 is 7.39. The Labute approximate surface area is 141 Å². The lowest BCUT2D eigenvalue weighted by Crippen LogP contribution is -2.02. The zero-order valence-corrected chi connectivity index (χ0v) is 14.0. The van der Waals surface area contributed by atoms with Gasteiger partial charge in [0.25, 0.3) is 0 Å². The van der Waals surface area contributed by atoms with E-state index in [-0.39, 0.29) is 5.78 Å². The van der Waals surface area contributed by atoms with Gasteiger partial charge in [0, 0.05) is 28.2 Å². The first-order chi connectivity index (χ1) is 11.5. The lowest BCUT2D eigenvalue weighted by molar-refractivity contribution is 0.101. The predicted octanol–water partition coefficient (Wildman–Crippen LogP) is 4.25. The molecule has 0 aliphatic rings. The van der Waals surface area contributed by atoms with Crippen LogP contribution in [0, 0.1) is 6.92 Å². The molecule has 0 atom stereocenters. The van der Waals surface area contributed by atoms with E-state index in [1.807, 2.05) is 61.5 Å². The van der Waals surface area contributed by atoms with Crippen molar-refractivity contribution in [3.8, 4) is 22.7 Å². The van der Waals surface area contributed by atoms with E-state index in [4.69, 9.17) is 10.5 Å². The number of aromatic nitrogens is 1. The molecule has 1 heterocycles. The highest BCUT2D eigenvalue weighted by molar-refractivity contribution is 5.97. The number of nitrogen functional groups attached to an aromatic ring is 1. The number of ether oxygens (including phenoxy) is 1. The summed E-state index contributed by atoms with van der Waals surface area (Å²) in [5.74, 6) is 0.814. The number of Topliss-reactive ketones (excluding diaryl/α,β-unsaturated/α-hetero) is 1. The van der Waals surface area contributed by atoms with Gasteiger partial charge in [0.05, 0.1) is 12.8 Å². The van der Waals surface area contributed by atoms with Gasteiger partial charge in [0.1, 0.15) is 5.75 Å². The number of rotatable bonds is 4. The average molecular weight is 320 g/mol. The van der Waals surface area contributed by atoms with Crippen molar-refractivity contribution in [1.29, 1.82) is 0 Å². The van der Waals surface area contributed by atoms with Gasteiger partial charge in [-0.15, -0.1) is 0 Å². The molecule has 3 aromatic rings. The van der Waals surface area contributed by atoms with Crippen LogP contribution in [0.25, 0.3) is 16.9 Å². The number of anilines is 1. The third-order valence-electron chi connectivity index (χ3n) is 4.12. The van der Waals surface area contributed by atoms with Crippen LogP contribution in [0.3, 0.4) is 0 Å². The quantitative estimate of drug-likeness (QED) is 0.577. The van der Waals surface area contributed by atoms with Crippen LogP contribution in [0.2, 0.25) is 0 Å². The van der Waals surface area contributed by atoms with E-state index in [0.29, 0.717) is 11.3 Å². The number of methoxy groups -OCH3 is 1. The molecule has 2 N–H and O–H groups in total. The van der Waals surface area contributed by atoms with Crippen LogP contribution in [0.15, 0.2) is 54.6 Å². The van der Waals surface area contributed by atoms with Crippen LogP contribution < -0.4 is 10.5 Å². The third-order valence-corrected chi connectivity index (χ3v) is 4.12. The number of nitrogens with two attached hydrogens (primary N) is 1. The molecule has 1 aromatic heterocycles. The van der Waals surface area contributed by atoms with Crippen molar-refractivity contribution in [1.82, 2.24) is 4.57 Å². The summed E-state index contributed by atoms with van der Waals surface area (Å²) in [7, 11) is 1.64. The molecule has 0 unspecified atom stereocenters. The van der Waals surface area contributed by atoms with Gasteiger partial charge in [-0.3, -0.25) is 4.79 Å². The fourth-order valence-corrected chi connectivity index (χ4v) is 2.95. The molecule has 0 aliphatic carbocycles. The molecule has 0 bridgehead atoms. The summed E-state index contributed by atoms with van der Waals surface area (Å²) in [6.45, 7) is 3.53. The van der Waals surface area contributed by atoms with Crippen LogP contribution in [0.4, 0.5) is 5.69 Å². The Morgan fingerprint density at radius 1 is 1.08 bits per heavy atom. The monoisotopic (exact) mass is 320 g/mol. The zero-order chi connectivity index (χ0) is 17.3. The Kier molecular flexibility index (Phi) is 4.13. The molecule has 0 fully saturated rings. The van der Waals surface area contributed by atoms with Crippen molar-refractivity contribution in [3.05, 3.63) is 65.9 Å². The Hall–Kier alpha value is -3.01. The van der Waals surface area contributed by atoms with E-state index in [2.05, 4.69) is 4.57 Å². The Balaban J connectivity index is 2.28. The lowest BCUT2D eigenvalue weighted by atomic mass is 10.1. The minimum Gasteiger partial charge on any atom is -0.497 e. The lowest BCUT2D eigenvalue weighted by Gasteiger charge is -2.13. The fraction of sp³-hybridized carbons (Fsp3) is 0.150. The normalized spacial score (nSPS) is 10.6. The van der Waals surface area contributed by atoms with Crippen molar-refractivity contribution in [2.24, 2.45) is 0 Å². The standard InChI is InChI=1S/C20H20N2O2/c1-13-19(14(2)23)12-20(15-6-4-9-18(10-15)24-3)22(13)17-8-5-7-16(21)11-17/h4-12H,21H2,1-3H3. The molecule has 122 valence electrons. The minimum absolute atomic E-state index is 0.0410. The summed E-state index contributed by atoms with van der Waals surface area (Å²) in [4.78, 5) is 12.0. The van der Waals surface area contributed by atoms with Crippen molar-refractivity contribution in [2.45, 2.75) is 13.8 Å². The first-order valence-corrected chi connectivity index (χ1v) is 7.75. The number of carbonyl (C=O) groups is 1. The van der Waals surface area contributed by atoms with Crippen molar-refractivity contribution in [3.63, 3.8) is 0 Å². The Bertz CT molecular complexity index is 910. The molecule has 3 rings (SSSR count). The van der Waals surface area contributed by atoms with E-state index in [1.54, 1.807) is 14.0 Å². The highest BCUT2D eigenvalue weighted by atomic mass is 16.5. The summed E-state index contributed by atoms with van der Waals surface area (Å²) in [6, 6.07) is 17.4. The van der Waals surface area contributed by atoms with E-state index in [9.17, 15) is 4.79 Å². The first kappa shape index (κ1) is 15.9. The van der Waals surface area contributed by atoms with E-state index >= 15 is 0 Å². The van der Waals surface area contributed by atoms with Gasteiger partial charge in [-0.05, 0) is 50.2 Å². The van der Waals surface area contributed by atoms with Gasteiger partial charge in [0.15, 0.2) is 5.78 Å². The van der Waals surface area contributed by atoms with Crippen LogP contribution in [-0.4, -0.2) is 17.5 Å². The molecule has 0 amide bonds. The number of hydrogen-bond acceptors (Lipinski definition) is 3. The second-order valence-electron chi connectivity index (χ2n) is 5.75. The molecule has 0 saturated carbocycles. The summed E-state index contributed by atoms with van der Waals surface area (Å²) in [5, 5.41) is 0. The maximum Gasteiger partial charge on any atom is 0.161 e. The molecule has 0 aliphatic heterocycles. The number of hydrogen-bond donors (Lipinski definition) is 1. The van der Waals surface area contributed by atoms with Gasteiger partial charge in [-0.25, -0.2) is 0 Å². The van der Waals surface area contributed by atoms with Crippen LogP contribution >= 0.6 is 0 Å². The summed E-state index contributed by atoms with van der Waals surface area (Å²) in [6.07, 6.45) is 0. The van der Waals surface area contributed by atoms with Crippen LogP contribution in [0.1, 0.15) is 23.0 Å². The molecule has 0 saturated heterocycles. The largest absolute Gasteiger partial charge is 0.497 e. The van der Waals surface area contributed by atoms with Gasteiger partial charge in [-0.1, -0.05) is 18.2 Å². The minimum atomic E-state index is 0.0410. The molecule has 4 heteroatoms. The van der Waals surface area contributed by atoms with Crippen molar-refractivity contribution < 1.29 is 9.53 Å². The van der Waals surface area contributed by atoms with Gasteiger partial charge >= 0.3 is 0 Å². The number of benzene rings is 2. The summed E-state index contributed by atoms with van der Waals surface area (Å²) >= 11 is 0. The molecule has 0 radical (unpaired) electrons. The van der Waals surface area contributed by atoms with Gasteiger partial charge in [0.2, 0.25) is 0 Å². The SMILES string of the molecule is COc1cccc(-c2cc(C(C)=O)c(C)n2-c2cccc(N)c2)c1. The molecular weight excluding hydrogens is 300 g/mol. The maximum absolute atomic E-state index is 12.0. The maximum atomic E-state index is 12.0. The fourth-order valence-electron chi connectivity index (χ4n) is 2.95. The van der Waals surface area contributed by atoms with Crippen LogP contribution in [0.5, 0.6) is 5.75 Å². The number of ketones is 1.